The molecule has 1 aromatic heterocycles. The molecule has 1 heterocycles. The predicted octanol–water partition coefficient (Wildman–Crippen LogP) is 0.564. The fraction of sp³-hybridized carbons (Fsp3) is 0.667. The van der Waals surface area contributed by atoms with Crippen LogP contribution in [0.3, 0.4) is 0 Å². The van der Waals surface area contributed by atoms with E-state index in [-0.39, 0.29) is 17.9 Å². The number of hydrogen-bond acceptors (Lipinski definition) is 3. The second-order valence-electron chi connectivity index (χ2n) is 2.84. The quantitative estimate of drug-likeness (QED) is 0.654. The van der Waals surface area contributed by atoms with Gasteiger partial charge in [-0.2, -0.15) is 5.10 Å². The SMILES string of the molecule is Cl.NC1(c2ncn[nH]2)CCC1. The van der Waals surface area contributed by atoms with Crippen molar-refractivity contribution in [2.24, 2.45) is 5.73 Å². The van der Waals surface area contributed by atoms with Crippen LogP contribution >= 0.6 is 12.4 Å². The highest BCUT2D eigenvalue weighted by Gasteiger charge is 2.36. The first-order valence-electron chi connectivity index (χ1n) is 3.46. The Kier molecular flexibility index (Phi) is 2.15. The molecule has 0 atom stereocenters. The number of nitrogens with zero attached hydrogens (tertiary/aromatic N) is 2. The Bertz CT molecular complexity index is 216. The minimum atomic E-state index is -0.184. The lowest BCUT2D eigenvalue weighted by Crippen LogP contribution is -2.44. The van der Waals surface area contributed by atoms with Crippen molar-refractivity contribution < 1.29 is 0 Å². The van der Waals surface area contributed by atoms with Crippen LogP contribution < -0.4 is 5.73 Å². The maximum atomic E-state index is 5.93. The van der Waals surface area contributed by atoms with Crippen LogP contribution in [0.15, 0.2) is 6.33 Å². The third-order valence-corrected chi connectivity index (χ3v) is 2.13. The molecule has 1 saturated carbocycles. The fourth-order valence-electron chi connectivity index (χ4n) is 1.24. The number of nitrogens with one attached hydrogen (secondary N) is 1. The van der Waals surface area contributed by atoms with Crippen molar-refractivity contribution in [3.05, 3.63) is 12.2 Å². The average molecular weight is 175 g/mol. The van der Waals surface area contributed by atoms with Crippen LogP contribution in [-0.4, -0.2) is 15.2 Å². The molecule has 1 fully saturated rings. The van der Waals surface area contributed by atoms with Gasteiger partial charge in [0.1, 0.15) is 12.2 Å². The highest BCUT2D eigenvalue weighted by molar-refractivity contribution is 5.85. The van der Waals surface area contributed by atoms with Gasteiger partial charge in [-0.3, -0.25) is 5.10 Å². The Morgan fingerprint density at radius 2 is 2.27 bits per heavy atom. The van der Waals surface area contributed by atoms with Gasteiger partial charge in [0, 0.05) is 0 Å². The second kappa shape index (κ2) is 2.79. The Balaban J connectivity index is 0.000000605. The lowest BCUT2D eigenvalue weighted by molar-refractivity contribution is 0.239. The Morgan fingerprint density at radius 3 is 2.64 bits per heavy atom. The van der Waals surface area contributed by atoms with Gasteiger partial charge in [-0.25, -0.2) is 4.98 Å². The van der Waals surface area contributed by atoms with Crippen molar-refractivity contribution in [1.82, 2.24) is 15.2 Å². The summed E-state index contributed by atoms with van der Waals surface area (Å²) in [5, 5.41) is 6.55. The largest absolute Gasteiger partial charge is 0.319 e. The number of aromatic amines is 1. The lowest BCUT2D eigenvalue weighted by Gasteiger charge is -2.35. The molecule has 0 radical (unpaired) electrons. The summed E-state index contributed by atoms with van der Waals surface area (Å²) in [7, 11) is 0. The molecular formula is C6H11ClN4. The van der Waals surface area contributed by atoms with Crippen molar-refractivity contribution >= 4 is 12.4 Å². The van der Waals surface area contributed by atoms with E-state index < -0.39 is 0 Å². The Morgan fingerprint density at radius 1 is 1.55 bits per heavy atom. The summed E-state index contributed by atoms with van der Waals surface area (Å²) in [6, 6.07) is 0. The first kappa shape index (κ1) is 8.49. The molecule has 2 rings (SSSR count). The minimum Gasteiger partial charge on any atom is -0.319 e. The highest BCUT2D eigenvalue weighted by Crippen LogP contribution is 2.36. The number of nitrogens with two attached hydrogens (primary N) is 1. The topological polar surface area (TPSA) is 67.6 Å². The smallest absolute Gasteiger partial charge is 0.144 e. The van der Waals surface area contributed by atoms with E-state index in [4.69, 9.17) is 5.73 Å². The molecule has 1 aromatic rings. The normalized spacial score (nSPS) is 20.1. The predicted molar refractivity (Wildman–Crippen MR) is 43.3 cm³/mol. The van der Waals surface area contributed by atoms with Gasteiger partial charge in [-0.05, 0) is 19.3 Å². The minimum absolute atomic E-state index is 0. The van der Waals surface area contributed by atoms with Crippen molar-refractivity contribution in [1.29, 1.82) is 0 Å². The zero-order chi connectivity index (χ0) is 7.03. The van der Waals surface area contributed by atoms with Gasteiger partial charge in [0.15, 0.2) is 0 Å². The Labute approximate surface area is 71.0 Å². The lowest BCUT2D eigenvalue weighted by atomic mass is 9.77. The highest BCUT2D eigenvalue weighted by atomic mass is 35.5. The molecule has 3 N–H and O–H groups in total. The first-order chi connectivity index (χ1) is 4.81. The van der Waals surface area contributed by atoms with E-state index in [1.165, 1.54) is 12.7 Å². The standard InChI is InChI=1S/C6H10N4.ClH/c7-6(2-1-3-6)5-8-4-9-10-5;/h4H,1-3,7H2,(H,8,9,10);1H. The zero-order valence-electron chi connectivity index (χ0n) is 6.08. The molecule has 4 nitrogen and oxygen atoms in total. The molecule has 5 heteroatoms. The van der Waals surface area contributed by atoms with Crippen molar-refractivity contribution in [2.45, 2.75) is 24.8 Å². The van der Waals surface area contributed by atoms with Crippen molar-refractivity contribution in [2.75, 3.05) is 0 Å². The number of hydrogen-bond donors (Lipinski definition) is 2. The molecule has 0 spiro atoms. The van der Waals surface area contributed by atoms with Crippen LogP contribution in [0.4, 0.5) is 0 Å². The van der Waals surface area contributed by atoms with E-state index in [0.717, 1.165) is 18.7 Å². The van der Waals surface area contributed by atoms with Crippen LogP contribution in [0.5, 0.6) is 0 Å². The van der Waals surface area contributed by atoms with Gasteiger partial charge in [-0.1, -0.05) is 0 Å². The second-order valence-corrected chi connectivity index (χ2v) is 2.84. The number of rotatable bonds is 1. The summed E-state index contributed by atoms with van der Waals surface area (Å²) in [6.07, 6.45) is 4.77. The van der Waals surface area contributed by atoms with Crippen LogP contribution in [0.25, 0.3) is 0 Å². The molecule has 1 aliphatic carbocycles. The van der Waals surface area contributed by atoms with E-state index >= 15 is 0 Å². The molecule has 0 aromatic carbocycles. The molecule has 0 bridgehead atoms. The maximum absolute atomic E-state index is 5.93. The van der Waals surface area contributed by atoms with Gasteiger partial charge in [-0.15, -0.1) is 12.4 Å². The summed E-state index contributed by atoms with van der Waals surface area (Å²) in [5.41, 5.74) is 5.75. The fourth-order valence-corrected chi connectivity index (χ4v) is 1.24. The van der Waals surface area contributed by atoms with Crippen LogP contribution in [0.2, 0.25) is 0 Å². The van der Waals surface area contributed by atoms with Crippen molar-refractivity contribution in [3.63, 3.8) is 0 Å². The maximum Gasteiger partial charge on any atom is 0.144 e. The van der Waals surface area contributed by atoms with Gasteiger partial charge < -0.3 is 5.73 Å². The third kappa shape index (κ3) is 1.23. The van der Waals surface area contributed by atoms with Gasteiger partial charge in [0.05, 0.1) is 5.54 Å². The Hall–Kier alpha value is -0.610. The van der Waals surface area contributed by atoms with E-state index in [9.17, 15) is 0 Å². The third-order valence-electron chi connectivity index (χ3n) is 2.13. The molecule has 11 heavy (non-hydrogen) atoms. The summed E-state index contributed by atoms with van der Waals surface area (Å²) in [4.78, 5) is 4.02. The molecule has 0 saturated heterocycles. The zero-order valence-corrected chi connectivity index (χ0v) is 6.90. The molecular weight excluding hydrogens is 164 g/mol. The molecule has 1 aliphatic rings. The van der Waals surface area contributed by atoms with Gasteiger partial charge >= 0.3 is 0 Å². The van der Waals surface area contributed by atoms with Gasteiger partial charge in [0.2, 0.25) is 0 Å². The number of halogens is 1. The molecule has 62 valence electrons. The van der Waals surface area contributed by atoms with E-state index in [1.54, 1.807) is 0 Å². The summed E-state index contributed by atoms with van der Waals surface area (Å²) in [5.74, 6) is 0.832. The molecule has 0 aliphatic heterocycles. The summed E-state index contributed by atoms with van der Waals surface area (Å²) in [6.45, 7) is 0. The van der Waals surface area contributed by atoms with Crippen molar-refractivity contribution in [3.8, 4) is 0 Å². The van der Waals surface area contributed by atoms with Crippen LogP contribution in [0, 0.1) is 0 Å². The van der Waals surface area contributed by atoms with E-state index in [2.05, 4.69) is 15.2 Å². The van der Waals surface area contributed by atoms with Crippen LogP contribution in [-0.2, 0) is 5.54 Å². The first-order valence-corrected chi connectivity index (χ1v) is 3.46. The van der Waals surface area contributed by atoms with E-state index in [0.29, 0.717) is 0 Å². The summed E-state index contributed by atoms with van der Waals surface area (Å²) < 4.78 is 0. The number of aromatic nitrogens is 3. The average Bonchev–Trinajstić information content (AvgIpc) is 2.33. The molecule has 0 amide bonds. The van der Waals surface area contributed by atoms with Gasteiger partial charge in [0.25, 0.3) is 0 Å². The molecule has 0 unspecified atom stereocenters. The van der Waals surface area contributed by atoms with E-state index in [1.807, 2.05) is 0 Å². The number of H-pyrrole nitrogens is 1. The van der Waals surface area contributed by atoms with Crippen LogP contribution in [0.1, 0.15) is 25.1 Å². The monoisotopic (exact) mass is 174 g/mol. The summed E-state index contributed by atoms with van der Waals surface area (Å²) >= 11 is 0.